The fourth-order valence-electron chi connectivity index (χ4n) is 2.50. The Kier molecular flexibility index (Phi) is 7.87. The van der Waals surface area contributed by atoms with Gasteiger partial charge >= 0.3 is 0 Å². The second-order valence-corrected chi connectivity index (χ2v) is 5.22. The van der Waals surface area contributed by atoms with Crippen LogP contribution >= 0.6 is 0 Å². The van der Waals surface area contributed by atoms with Gasteiger partial charge in [-0.1, -0.05) is 26.7 Å². The van der Waals surface area contributed by atoms with Crippen LogP contribution in [0.25, 0.3) is 0 Å². The van der Waals surface area contributed by atoms with Crippen LogP contribution in [-0.4, -0.2) is 37.6 Å². The molecule has 0 amide bonds. The zero-order chi connectivity index (χ0) is 11.6. The molecule has 96 valence electrons. The zero-order valence-electron chi connectivity index (χ0n) is 11.3. The van der Waals surface area contributed by atoms with Crippen LogP contribution in [0.1, 0.15) is 52.4 Å². The van der Waals surface area contributed by atoms with Crippen molar-refractivity contribution in [3.05, 3.63) is 0 Å². The summed E-state index contributed by atoms with van der Waals surface area (Å²) < 4.78 is 0. The van der Waals surface area contributed by atoms with E-state index in [0.717, 1.165) is 5.92 Å². The Hall–Kier alpha value is -0.0800. The molecule has 0 aromatic carbocycles. The van der Waals surface area contributed by atoms with E-state index in [1.54, 1.807) is 0 Å². The summed E-state index contributed by atoms with van der Waals surface area (Å²) in [5, 5.41) is 3.53. The SMILES string of the molecule is CCCCN(CCCC)CC1CCCNC1. The summed E-state index contributed by atoms with van der Waals surface area (Å²) in [4.78, 5) is 2.70. The molecule has 0 bridgehead atoms. The molecule has 2 nitrogen and oxygen atoms in total. The number of hydrogen-bond acceptors (Lipinski definition) is 2. The summed E-state index contributed by atoms with van der Waals surface area (Å²) in [6.07, 6.45) is 8.19. The van der Waals surface area contributed by atoms with Crippen LogP contribution in [-0.2, 0) is 0 Å². The molecule has 0 aromatic rings. The molecule has 1 saturated heterocycles. The summed E-state index contributed by atoms with van der Waals surface area (Å²) in [6, 6.07) is 0. The lowest BCUT2D eigenvalue weighted by atomic mass is 9.99. The van der Waals surface area contributed by atoms with Crippen molar-refractivity contribution in [3.63, 3.8) is 0 Å². The smallest absolute Gasteiger partial charge is 0.00218 e. The van der Waals surface area contributed by atoms with Crippen molar-refractivity contribution in [1.29, 1.82) is 0 Å². The van der Waals surface area contributed by atoms with Gasteiger partial charge in [-0.3, -0.25) is 0 Å². The maximum Gasteiger partial charge on any atom is 0.00218 e. The zero-order valence-corrected chi connectivity index (χ0v) is 11.3. The summed E-state index contributed by atoms with van der Waals surface area (Å²) in [7, 11) is 0. The largest absolute Gasteiger partial charge is 0.316 e. The molecule has 0 radical (unpaired) electrons. The number of hydrogen-bond donors (Lipinski definition) is 1. The van der Waals surface area contributed by atoms with E-state index in [1.807, 2.05) is 0 Å². The van der Waals surface area contributed by atoms with Gasteiger partial charge in [-0.25, -0.2) is 0 Å². The van der Waals surface area contributed by atoms with Crippen molar-refractivity contribution in [2.45, 2.75) is 52.4 Å². The van der Waals surface area contributed by atoms with E-state index < -0.39 is 0 Å². The second-order valence-electron chi connectivity index (χ2n) is 5.22. The molecular weight excluding hydrogens is 196 g/mol. The summed E-state index contributed by atoms with van der Waals surface area (Å²) in [6.45, 7) is 11.0. The van der Waals surface area contributed by atoms with Crippen LogP contribution in [0.3, 0.4) is 0 Å². The Morgan fingerprint density at radius 3 is 2.31 bits per heavy atom. The van der Waals surface area contributed by atoms with Crippen molar-refractivity contribution in [1.82, 2.24) is 10.2 Å². The molecule has 1 atom stereocenters. The predicted molar refractivity (Wildman–Crippen MR) is 71.8 cm³/mol. The Morgan fingerprint density at radius 2 is 1.81 bits per heavy atom. The molecule has 0 spiro atoms. The van der Waals surface area contributed by atoms with Crippen molar-refractivity contribution in [2.75, 3.05) is 32.7 Å². The number of unbranched alkanes of at least 4 members (excludes halogenated alkanes) is 2. The van der Waals surface area contributed by atoms with Gasteiger partial charge in [0.1, 0.15) is 0 Å². The fourth-order valence-corrected chi connectivity index (χ4v) is 2.50. The lowest BCUT2D eigenvalue weighted by Crippen LogP contribution is -2.39. The first-order valence-electron chi connectivity index (χ1n) is 7.29. The maximum atomic E-state index is 3.53. The van der Waals surface area contributed by atoms with Crippen LogP contribution in [0, 0.1) is 5.92 Å². The Labute approximate surface area is 102 Å². The summed E-state index contributed by atoms with van der Waals surface area (Å²) in [5.41, 5.74) is 0. The normalized spacial score (nSPS) is 21.6. The van der Waals surface area contributed by atoms with Gasteiger partial charge in [0, 0.05) is 6.54 Å². The maximum absolute atomic E-state index is 3.53. The van der Waals surface area contributed by atoms with Gasteiger partial charge in [0.15, 0.2) is 0 Å². The van der Waals surface area contributed by atoms with Gasteiger partial charge in [0.05, 0.1) is 0 Å². The highest BCUT2D eigenvalue weighted by atomic mass is 15.1. The van der Waals surface area contributed by atoms with Crippen molar-refractivity contribution in [2.24, 2.45) is 5.92 Å². The molecule has 1 aliphatic rings. The van der Waals surface area contributed by atoms with E-state index in [1.165, 1.54) is 71.2 Å². The van der Waals surface area contributed by atoms with Crippen LogP contribution in [0.15, 0.2) is 0 Å². The van der Waals surface area contributed by atoms with Crippen LogP contribution < -0.4 is 5.32 Å². The number of piperidine rings is 1. The van der Waals surface area contributed by atoms with Gasteiger partial charge in [-0.2, -0.15) is 0 Å². The molecule has 1 N–H and O–H groups in total. The molecular formula is C14H30N2. The summed E-state index contributed by atoms with van der Waals surface area (Å²) >= 11 is 0. The average Bonchev–Trinajstić information content (AvgIpc) is 2.34. The summed E-state index contributed by atoms with van der Waals surface area (Å²) in [5.74, 6) is 0.905. The molecule has 1 rings (SSSR count). The van der Waals surface area contributed by atoms with Gasteiger partial charge in [-0.05, 0) is 57.8 Å². The van der Waals surface area contributed by atoms with Crippen molar-refractivity contribution >= 4 is 0 Å². The van der Waals surface area contributed by atoms with Gasteiger partial charge in [-0.15, -0.1) is 0 Å². The number of rotatable bonds is 8. The van der Waals surface area contributed by atoms with E-state index in [4.69, 9.17) is 0 Å². The standard InChI is InChI=1S/C14H30N2/c1-3-5-10-16(11-6-4-2)13-14-8-7-9-15-12-14/h14-15H,3-13H2,1-2H3. The van der Waals surface area contributed by atoms with Crippen molar-refractivity contribution < 1.29 is 0 Å². The molecule has 1 fully saturated rings. The number of nitrogens with zero attached hydrogens (tertiary/aromatic N) is 1. The van der Waals surface area contributed by atoms with Gasteiger partial charge in [0.2, 0.25) is 0 Å². The van der Waals surface area contributed by atoms with Crippen LogP contribution in [0.5, 0.6) is 0 Å². The average molecular weight is 226 g/mol. The lowest BCUT2D eigenvalue weighted by molar-refractivity contribution is 0.203. The Balaban J connectivity index is 2.23. The molecule has 1 unspecified atom stereocenters. The molecule has 2 heteroatoms. The van der Waals surface area contributed by atoms with E-state index in [0.29, 0.717) is 0 Å². The monoisotopic (exact) mass is 226 g/mol. The minimum absolute atomic E-state index is 0.905. The molecule has 1 aliphatic heterocycles. The topological polar surface area (TPSA) is 15.3 Å². The molecule has 1 heterocycles. The predicted octanol–water partition coefficient (Wildman–Crippen LogP) is 2.89. The highest BCUT2D eigenvalue weighted by molar-refractivity contribution is 4.73. The first kappa shape index (κ1) is 14.0. The van der Waals surface area contributed by atoms with E-state index >= 15 is 0 Å². The van der Waals surface area contributed by atoms with E-state index in [9.17, 15) is 0 Å². The van der Waals surface area contributed by atoms with Crippen molar-refractivity contribution in [3.8, 4) is 0 Å². The third-order valence-corrected chi connectivity index (χ3v) is 3.57. The third-order valence-electron chi connectivity index (χ3n) is 3.57. The third kappa shape index (κ3) is 5.86. The highest BCUT2D eigenvalue weighted by Gasteiger charge is 2.16. The van der Waals surface area contributed by atoms with Crippen LogP contribution in [0.4, 0.5) is 0 Å². The first-order chi connectivity index (χ1) is 7.86. The van der Waals surface area contributed by atoms with Gasteiger partial charge in [0.25, 0.3) is 0 Å². The minimum Gasteiger partial charge on any atom is -0.316 e. The second kappa shape index (κ2) is 9.00. The fraction of sp³-hybridized carbons (Fsp3) is 1.00. The molecule has 0 aliphatic carbocycles. The Bertz CT molecular complexity index is 145. The van der Waals surface area contributed by atoms with Gasteiger partial charge < -0.3 is 10.2 Å². The molecule has 0 aromatic heterocycles. The number of nitrogens with one attached hydrogen (secondary N) is 1. The molecule has 0 saturated carbocycles. The minimum atomic E-state index is 0.905. The Morgan fingerprint density at radius 1 is 1.12 bits per heavy atom. The van der Waals surface area contributed by atoms with Crippen LogP contribution in [0.2, 0.25) is 0 Å². The molecule has 16 heavy (non-hydrogen) atoms. The lowest BCUT2D eigenvalue weighted by Gasteiger charge is -2.30. The van der Waals surface area contributed by atoms with E-state index in [-0.39, 0.29) is 0 Å². The van der Waals surface area contributed by atoms with E-state index in [2.05, 4.69) is 24.1 Å². The first-order valence-corrected chi connectivity index (χ1v) is 7.29. The highest BCUT2D eigenvalue weighted by Crippen LogP contribution is 2.12. The quantitative estimate of drug-likeness (QED) is 0.684.